The van der Waals surface area contributed by atoms with Gasteiger partial charge in [-0.25, -0.2) is 4.98 Å². The molecule has 0 N–H and O–H groups in total. The number of benzene rings is 2. The van der Waals surface area contributed by atoms with Gasteiger partial charge in [-0.05, 0) is 48.7 Å². The van der Waals surface area contributed by atoms with Crippen LogP contribution in [0.1, 0.15) is 25.2 Å². The van der Waals surface area contributed by atoms with Crippen molar-refractivity contribution in [3.05, 3.63) is 64.2 Å². The van der Waals surface area contributed by atoms with Crippen LogP contribution >= 0.6 is 0 Å². The Kier molecular flexibility index (Phi) is 5.54. The van der Waals surface area contributed by atoms with Crippen LogP contribution in [-0.4, -0.2) is 29.6 Å². The zero-order valence-electron chi connectivity index (χ0n) is 16.0. The van der Waals surface area contributed by atoms with Crippen LogP contribution in [0.3, 0.4) is 0 Å². The van der Waals surface area contributed by atoms with E-state index in [4.69, 9.17) is 9.47 Å². The normalized spacial score (nSPS) is 11.4. The van der Waals surface area contributed by atoms with Crippen LogP contribution in [-0.2, 0) is 0 Å². The first-order valence-corrected chi connectivity index (χ1v) is 8.83. The van der Waals surface area contributed by atoms with Crippen molar-refractivity contribution in [2.45, 2.75) is 20.8 Å². The average Bonchev–Trinajstić information content (AvgIpc) is 2.66. The lowest BCUT2D eigenvalue weighted by atomic mass is 10.2. The van der Waals surface area contributed by atoms with E-state index in [1.165, 1.54) is 4.68 Å². The van der Waals surface area contributed by atoms with Crippen molar-refractivity contribution in [3.63, 3.8) is 0 Å². The van der Waals surface area contributed by atoms with E-state index in [1.807, 2.05) is 36.4 Å². The fraction of sp³-hybridized carbons (Fsp3) is 0.286. The van der Waals surface area contributed by atoms with E-state index >= 15 is 0 Å². The summed E-state index contributed by atoms with van der Waals surface area (Å²) < 4.78 is 12.5. The molecule has 27 heavy (non-hydrogen) atoms. The van der Waals surface area contributed by atoms with Crippen molar-refractivity contribution < 1.29 is 9.47 Å². The second-order valence-electron chi connectivity index (χ2n) is 6.65. The molecule has 6 nitrogen and oxygen atoms in total. The van der Waals surface area contributed by atoms with E-state index in [-0.39, 0.29) is 5.56 Å². The van der Waals surface area contributed by atoms with E-state index in [0.29, 0.717) is 40.8 Å². The average molecular weight is 365 g/mol. The Hall–Kier alpha value is -3.15. The molecule has 0 fully saturated rings. The van der Waals surface area contributed by atoms with Crippen LogP contribution < -0.4 is 15.0 Å². The zero-order valence-corrected chi connectivity index (χ0v) is 16.0. The van der Waals surface area contributed by atoms with Gasteiger partial charge in [-0.3, -0.25) is 4.79 Å². The molecule has 0 radical (unpaired) electrons. The maximum absolute atomic E-state index is 12.7. The SMILES string of the molecule is COc1cc(C=Nn2c(C)nc3ccccc3c2=O)ccc1OCC(C)C. The Labute approximate surface area is 158 Å². The largest absolute Gasteiger partial charge is 0.493 e. The monoisotopic (exact) mass is 365 g/mol. The lowest BCUT2D eigenvalue weighted by Gasteiger charge is -2.12. The van der Waals surface area contributed by atoms with Crippen LogP contribution in [0.4, 0.5) is 0 Å². The number of hydrogen-bond donors (Lipinski definition) is 0. The molecule has 0 aliphatic carbocycles. The molecule has 0 aliphatic heterocycles. The summed E-state index contributed by atoms with van der Waals surface area (Å²) in [6, 6.07) is 12.8. The van der Waals surface area contributed by atoms with Gasteiger partial charge in [0.05, 0.1) is 30.8 Å². The van der Waals surface area contributed by atoms with E-state index in [1.54, 1.807) is 26.3 Å². The van der Waals surface area contributed by atoms with Crippen molar-refractivity contribution >= 4 is 17.1 Å². The number of rotatable bonds is 6. The lowest BCUT2D eigenvalue weighted by Crippen LogP contribution is -2.20. The molecule has 6 heteroatoms. The van der Waals surface area contributed by atoms with Gasteiger partial charge in [0.15, 0.2) is 11.5 Å². The summed E-state index contributed by atoms with van der Waals surface area (Å²) in [6.07, 6.45) is 1.61. The van der Waals surface area contributed by atoms with Crippen LogP contribution in [0.15, 0.2) is 52.4 Å². The summed E-state index contributed by atoms with van der Waals surface area (Å²) in [5.74, 6) is 2.26. The second kappa shape index (κ2) is 8.03. The highest BCUT2D eigenvalue weighted by molar-refractivity contribution is 5.81. The van der Waals surface area contributed by atoms with Gasteiger partial charge < -0.3 is 9.47 Å². The van der Waals surface area contributed by atoms with Crippen molar-refractivity contribution in [1.82, 2.24) is 9.66 Å². The number of hydrogen-bond acceptors (Lipinski definition) is 5. The summed E-state index contributed by atoms with van der Waals surface area (Å²) in [5, 5.41) is 4.86. The van der Waals surface area contributed by atoms with Gasteiger partial charge in [0, 0.05) is 0 Å². The summed E-state index contributed by atoms with van der Waals surface area (Å²) >= 11 is 0. The Morgan fingerprint density at radius 1 is 1.19 bits per heavy atom. The minimum atomic E-state index is -0.196. The van der Waals surface area contributed by atoms with E-state index in [0.717, 1.165) is 5.56 Å². The van der Waals surface area contributed by atoms with Crippen LogP contribution in [0.25, 0.3) is 10.9 Å². The number of aromatic nitrogens is 2. The third-order valence-corrected chi connectivity index (χ3v) is 4.00. The molecule has 0 bridgehead atoms. The van der Waals surface area contributed by atoms with Gasteiger partial charge in [-0.1, -0.05) is 26.0 Å². The fourth-order valence-corrected chi connectivity index (χ4v) is 2.64. The number of fused-ring (bicyclic) bond motifs is 1. The zero-order chi connectivity index (χ0) is 19.4. The molecule has 1 heterocycles. The number of para-hydroxylation sites is 1. The van der Waals surface area contributed by atoms with Gasteiger partial charge in [-0.2, -0.15) is 9.78 Å². The van der Waals surface area contributed by atoms with E-state index in [2.05, 4.69) is 23.9 Å². The first kappa shape index (κ1) is 18.6. The molecule has 0 aliphatic rings. The summed E-state index contributed by atoms with van der Waals surface area (Å²) in [7, 11) is 1.60. The third-order valence-electron chi connectivity index (χ3n) is 4.00. The number of nitrogens with zero attached hydrogens (tertiary/aromatic N) is 3. The Morgan fingerprint density at radius 2 is 1.96 bits per heavy atom. The molecule has 3 aromatic rings. The Balaban J connectivity index is 1.92. The number of ether oxygens (including phenoxy) is 2. The number of aryl methyl sites for hydroxylation is 1. The van der Waals surface area contributed by atoms with Crippen molar-refractivity contribution in [2.75, 3.05) is 13.7 Å². The maximum Gasteiger partial charge on any atom is 0.282 e. The Morgan fingerprint density at radius 3 is 2.70 bits per heavy atom. The molecule has 3 rings (SSSR count). The highest BCUT2D eigenvalue weighted by Crippen LogP contribution is 2.28. The van der Waals surface area contributed by atoms with E-state index < -0.39 is 0 Å². The lowest BCUT2D eigenvalue weighted by molar-refractivity contribution is 0.257. The van der Waals surface area contributed by atoms with Crippen molar-refractivity contribution in [3.8, 4) is 11.5 Å². The predicted molar refractivity (Wildman–Crippen MR) is 107 cm³/mol. The maximum atomic E-state index is 12.7. The van der Waals surface area contributed by atoms with Crippen LogP contribution in [0.2, 0.25) is 0 Å². The molecule has 1 aromatic heterocycles. The summed E-state index contributed by atoms with van der Waals surface area (Å²) in [6.45, 7) is 6.55. The molecular formula is C21H23N3O3. The first-order valence-electron chi connectivity index (χ1n) is 8.83. The van der Waals surface area contributed by atoms with Gasteiger partial charge in [0.2, 0.25) is 0 Å². The molecule has 140 valence electrons. The van der Waals surface area contributed by atoms with Crippen molar-refractivity contribution in [1.29, 1.82) is 0 Å². The minimum absolute atomic E-state index is 0.196. The first-order chi connectivity index (χ1) is 13.0. The minimum Gasteiger partial charge on any atom is -0.493 e. The fourth-order valence-electron chi connectivity index (χ4n) is 2.64. The van der Waals surface area contributed by atoms with E-state index in [9.17, 15) is 4.79 Å². The van der Waals surface area contributed by atoms with Gasteiger partial charge in [0.1, 0.15) is 5.82 Å². The highest BCUT2D eigenvalue weighted by Gasteiger charge is 2.08. The van der Waals surface area contributed by atoms with Gasteiger partial charge in [-0.15, -0.1) is 0 Å². The van der Waals surface area contributed by atoms with Crippen LogP contribution in [0, 0.1) is 12.8 Å². The topological polar surface area (TPSA) is 65.7 Å². The van der Waals surface area contributed by atoms with Gasteiger partial charge >= 0.3 is 0 Å². The quantitative estimate of drug-likeness (QED) is 0.626. The summed E-state index contributed by atoms with van der Waals surface area (Å²) in [4.78, 5) is 17.1. The van der Waals surface area contributed by atoms with Crippen LogP contribution in [0.5, 0.6) is 11.5 Å². The molecule has 0 unspecified atom stereocenters. The summed E-state index contributed by atoms with van der Waals surface area (Å²) in [5.41, 5.74) is 1.26. The molecule has 0 amide bonds. The number of methoxy groups -OCH3 is 1. The Bertz CT molecular complexity index is 1040. The third kappa shape index (κ3) is 4.16. The molecule has 2 aromatic carbocycles. The second-order valence-corrected chi connectivity index (χ2v) is 6.65. The van der Waals surface area contributed by atoms with Gasteiger partial charge in [0.25, 0.3) is 5.56 Å². The molecule has 0 saturated carbocycles. The van der Waals surface area contributed by atoms with Crippen molar-refractivity contribution in [2.24, 2.45) is 11.0 Å². The molecule has 0 spiro atoms. The molecular weight excluding hydrogens is 342 g/mol. The molecule has 0 saturated heterocycles. The molecule has 0 atom stereocenters. The highest BCUT2D eigenvalue weighted by atomic mass is 16.5. The predicted octanol–water partition coefficient (Wildman–Crippen LogP) is 3.63. The standard InChI is InChI=1S/C21H23N3O3/c1-14(2)13-27-19-10-9-16(11-20(19)26-4)12-22-24-15(3)23-18-8-6-5-7-17(18)21(24)25/h5-12,14H,13H2,1-4H3. The smallest absolute Gasteiger partial charge is 0.282 e.